The number of nitrogens with one attached hydrogen (secondary N) is 1. The standard InChI is InChI=1S/C10H13BrFN3O2/c11-7-5-9(14-4-2-1-3-13)10(15(16)17)6-8(7)12/h5-6,14H,1-4,13H2. The zero-order valence-electron chi connectivity index (χ0n) is 9.08. The van der Waals surface area contributed by atoms with Gasteiger partial charge in [0.25, 0.3) is 5.69 Å². The van der Waals surface area contributed by atoms with Gasteiger partial charge in [0.15, 0.2) is 0 Å². The minimum absolute atomic E-state index is 0.199. The molecule has 7 heteroatoms. The molecule has 0 saturated heterocycles. The number of unbranched alkanes of at least 4 members (excludes halogenated alkanes) is 1. The SMILES string of the molecule is NCCCCNc1cc(Br)c(F)cc1[N+](=O)[O-]. The fraction of sp³-hybridized carbons (Fsp3) is 0.400. The van der Waals surface area contributed by atoms with Crippen LogP contribution in [0, 0.1) is 15.9 Å². The van der Waals surface area contributed by atoms with E-state index in [9.17, 15) is 14.5 Å². The van der Waals surface area contributed by atoms with Crippen LogP contribution in [0.3, 0.4) is 0 Å². The summed E-state index contributed by atoms with van der Waals surface area (Å²) in [6.45, 7) is 1.15. The number of nitrogens with zero attached hydrogens (tertiary/aromatic N) is 1. The van der Waals surface area contributed by atoms with E-state index in [0.29, 0.717) is 18.8 Å². The van der Waals surface area contributed by atoms with Gasteiger partial charge >= 0.3 is 0 Å². The third-order valence-corrected chi connectivity index (χ3v) is 2.79. The Kier molecular flexibility index (Phi) is 5.30. The Balaban J connectivity index is 2.81. The van der Waals surface area contributed by atoms with E-state index in [1.807, 2.05) is 0 Å². The van der Waals surface area contributed by atoms with Gasteiger partial charge in [-0.3, -0.25) is 10.1 Å². The summed E-state index contributed by atoms with van der Waals surface area (Å²) in [6.07, 6.45) is 1.64. The highest BCUT2D eigenvalue weighted by molar-refractivity contribution is 9.10. The minimum Gasteiger partial charge on any atom is -0.379 e. The van der Waals surface area contributed by atoms with Gasteiger partial charge in [0.05, 0.1) is 15.5 Å². The summed E-state index contributed by atoms with van der Waals surface area (Å²) in [5.41, 5.74) is 5.38. The van der Waals surface area contributed by atoms with Crippen molar-refractivity contribution in [3.63, 3.8) is 0 Å². The molecule has 0 radical (unpaired) electrons. The Bertz CT molecular complexity index is 415. The molecule has 0 atom stereocenters. The smallest absolute Gasteiger partial charge is 0.295 e. The van der Waals surface area contributed by atoms with Gasteiger partial charge in [0, 0.05) is 6.54 Å². The molecule has 3 N–H and O–H groups in total. The Morgan fingerprint density at radius 3 is 2.76 bits per heavy atom. The van der Waals surface area contributed by atoms with Crippen LogP contribution < -0.4 is 11.1 Å². The number of benzene rings is 1. The third kappa shape index (κ3) is 3.94. The first-order valence-electron chi connectivity index (χ1n) is 5.13. The van der Waals surface area contributed by atoms with Crippen LogP contribution in [0.5, 0.6) is 0 Å². The number of rotatable bonds is 6. The summed E-state index contributed by atoms with van der Waals surface area (Å²) >= 11 is 2.99. The van der Waals surface area contributed by atoms with Gasteiger partial charge < -0.3 is 11.1 Å². The zero-order chi connectivity index (χ0) is 12.8. The first kappa shape index (κ1) is 13.9. The Labute approximate surface area is 106 Å². The summed E-state index contributed by atoms with van der Waals surface area (Å²) in [5.74, 6) is -0.649. The fourth-order valence-corrected chi connectivity index (χ4v) is 1.66. The van der Waals surface area contributed by atoms with E-state index in [0.717, 1.165) is 18.9 Å². The van der Waals surface area contributed by atoms with Gasteiger partial charge in [-0.25, -0.2) is 4.39 Å². The maximum absolute atomic E-state index is 13.2. The molecule has 0 bridgehead atoms. The summed E-state index contributed by atoms with van der Waals surface area (Å²) in [7, 11) is 0. The molecule has 1 aromatic rings. The molecule has 1 aromatic carbocycles. The highest BCUT2D eigenvalue weighted by Crippen LogP contribution is 2.30. The molecular formula is C10H13BrFN3O2. The largest absolute Gasteiger partial charge is 0.379 e. The van der Waals surface area contributed by atoms with Gasteiger partial charge in [-0.2, -0.15) is 0 Å². The number of nitro benzene ring substituents is 1. The van der Waals surface area contributed by atoms with Crippen molar-refractivity contribution in [2.45, 2.75) is 12.8 Å². The van der Waals surface area contributed by atoms with Crippen LogP contribution in [0.25, 0.3) is 0 Å². The lowest BCUT2D eigenvalue weighted by Crippen LogP contribution is -2.07. The lowest BCUT2D eigenvalue weighted by Gasteiger charge is -2.07. The molecule has 0 saturated carbocycles. The summed E-state index contributed by atoms with van der Waals surface area (Å²) in [5, 5.41) is 13.6. The van der Waals surface area contributed by atoms with E-state index in [1.165, 1.54) is 6.07 Å². The van der Waals surface area contributed by atoms with Crippen LogP contribution in [0.2, 0.25) is 0 Å². The van der Waals surface area contributed by atoms with Crippen LogP contribution in [0.1, 0.15) is 12.8 Å². The van der Waals surface area contributed by atoms with Gasteiger partial charge in [-0.05, 0) is 41.4 Å². The second-order valence-electron chi connectivity index (χ2n) is 3.46. The predicted octanol–water partition coefficient (Wildman–Crippen LogP) is 2.65. The lowest BCUT2D eigenvalue weighted by molar-refractivity contribution is -0.384. The molecule has 0 aliphatic rings. The van der Waals surface area contributed by atoms with Crippen molar-refractivity contribution in [1.82, 2.24) is 0 Å². The predicted molar refractivity (Wildman–Crippen MR) is 67.5 cm³/mol. The molecule has 0 unspecified atom stereocenters. The van der Waals surface area contributed by atoms with E-state index < -0.39 is 10.7 Å². The Morgan fingerprint density at radius 2 is 2.18 bits per heavy atom. The first-order chi connectivity index (χ1) is 8.06. The summed E-state index contributed by atoms with van der Waals surface area (Å²) in [4.78, 5) is 10.1. The highest BCUT2D eigenvalue weighted by atomic mass is 79.9. The van der Waals surface area contributed by atoms with Crippen molar-refractivity contribution in [1.29, 1.82) is 0 Å². The Hall–Kier alpha value is -1.21. The van der Waals surface area contributed by atoms with Gasteiger partial charge in [0.1, 0.15) is 11.5 Å². The molecule has 0 amide bonds. The van der Waals surface area contributed by atoms with E-state index in [-0.39, 0.29) is 10.2 Å². The maximum Gasteiger partial charge on any atom is 0.295 e. The quantitative estimate of drug-likeness (QED) is 0.481. The molecule has 17 heavy (non-hydrogen) atoms. The summed E-state index contributed by atoms with van der Waals surface area (Å²) in [6, 6.07) is 2.27. The summed E-state index contributed by atoms with van der Waals surface area (Å²) < 4.78 is 13.4. The lowest BCUT2D eigenvalue weighted by atomic mass is 10.2. The van der Waals surface area contributed by atoms with Crippen LogP contribution >= 0.6 is 15.9 Å². The minimum atomic E-state index is -0.649. The molecule has 0 aliphatic carbocycles. The second kappa shape index (κ2) is 6.51. The van der Waals surface area contributed by atoms with Crippen LogP contribution in [-0.4, -0.2) is 18.0 Å². The number of halogens is 2. The highest BCUT2D eigenvalue weighted by Gasteiger charge is 2.17. The van der Waals surface area contributed by atoms with Crippen LogP contribution in [0.4, 0.5) is 15.8 Å². The number of hydrogen-bond acceptors (Lipinski definition) is 4. The van der Waals surface area contributed by atoms with Crippen molar-refractivity contribution in [3.8, 4) is 0 Å². The molecule has 0 aromatic heterocycles. The third-order valence-electron chi connectivity index (χ3n) is 2.18. The van der Waals surface area contributed by atoms with Crippen molar-refractivity contribution in [2.75, 3.05) is 18.4 Å². The van der Waals surface area contributed by atoms with Gasteiger partial charge in [-0.15, -0.1) is 0 Å². The average Bonchev–Trinajstić information content (AvgIpc) is 2.28. The van der Waals surface area contributed by atoms with Crippen molar-refractivity contribution in [3.05, 3.63) is 32.5 Å². The molecule has 1 rings (SSSR count). The maximum atomic E-state index is 13.2. The molecule has 0 fully saturated rings. The van der Waals surface area contributed by atoms with E-state index >= 15 is 0 Å². The number of nitrogens with two attached hydrogens (primary N) is 1. The van der Waals surface area contributed by atoms with Crippen molar-refractivity contribution in [2.24, 2.45) is 5.73 Å². The topological polar surface area (TPSA) is 81.2 Å². The Morgan fingerprint density at radius 1 is 1.47 bits per heavy atom. The van der Waals surface area contributed by atoms with Crippen molar-refractivity contribution >= 4 is 27.3 Å². The number of nitro groups is 1. The number of anilines is 1. The van der Waals surface area contributed by atoms with Gasteiger partial charge in [0.2, 0.25) is 0 Å². The van der Waals surface area contributed by atoms with Gasteiger partial charge in [-0.1, -0.05) is 0 Å². The average molecular weight is 306 g/mol. The molecule has 0 heterocycles. The van der Waals surface area contributed by atoms with Crippen LogP contribution in [0.15, 0.2) is 16.6 Å². The molecule has 0 spiro atoms. The molecular weight excluding hydrogens is 293 g/mol. The zero-order valence-corrected chi connectivity index (χ0v) is 10.7. The van der Waals surface area contributed by atoms with Crippen molar-refractivity contribution < 1.29 is 9.31 Å². The first-order valence-corrected chi connectivity index (χ1v) is 5.93. The molecule has 94 valence electrons. The fourth-order valence-electron chi connectivity index (χ4n) is 1.32. The van der Waals surface area contributed by atoms with E-state index in [2.05, 4.69) is 21.2 Å². The van der Waals surface area contributed by atoms with E-state index in [1.54, 1.807) is 0 Å². The normalized spacial score (nSPS) is 10.3. The second-order valence-corrected chi connectivity index (χ2v) is 4.32. The van der Waals surface area contributed by atoms with E-state index in [4.69, 9.17) is 5.73 Å². The number of hydrogen-bond donors (Lipinski definition) is 2. The molecule has 5 nitrogen and oxygen atoms in total. The van der Waals surface area contributed by atoms with Crippen LogP contribution in [-0.2, 0) is 0 Å². The molecule has 0 aliphatic heterocycles. The monoisotopic (exact) mass is 305 g/mol.